The van der Waals surface area contributed by atoms with E-state index in [1.165, 1.54) is 6.20 Å². The third kappa shape index (κ3) is 5.69. The molecule has 30 heavy (non-hydrogen) atoms. The fraction of sp³-hybridized carbons (Fsp3) is 0.308. The quantitative estimate of drug-likeness (QED) is 0.345. The lowest BCUT2D eigenvalue weighted by molar-refractivity contribution is 0.448. The van der Waals surface area contributed by atoms with E-state index in [0.29, 0.717) is 12.1 Å². The molecule has 0 aliphatic rings. The summed E-state index contributed by atoms with van der Waals surface area (Å²) in [5, 5.41) is 22.1. The normalized spacial score (nSPS) is 11.4. The first kappa shape index (κ1) is 23.1. The number of aromatic hydroxyl groups is 2. The summed E-state index contributed by atoms with van der Waals surface area (Å²) < 4.78 is 0. The third-order valence-electron chi connectivity index (χ3n) is 5.04. The minimum atomic E-state index is 0.0763. The van der Waals surface area contributed by atoms with Crippen molar-refractivity contribution in [3.8, 4) is 22.6 Å². The Balaban J connectivity index is 2.62. The SMILES string of the molecule is C=CN=CC=NCc1c(CCCCC)cc(O)c(-c2cc(C)ccc2C(=C)C)c1O. The van der Waals surface area contributed by atoms with Crippen molar-refractivity contribution in [1.29, 1.82) is 0 Å². The van der Waals surface area contributed by atoms with E-state index in [0.717, 1.165) is 59.1 Å². The van der Waals surface area contributed by atoms with Crippen molar-refractivity contribution in [3.05, 3.63) is 65.9 Å². The Kier molecular flexibility index (Phi) is 8.60. The minimum absolute atomic E-state index is 0.0763. The lowest BCUT2D eigenvalue weighted by Crippen LogP contribution is -1.99. The molecular formula is C26H32N2O2. The Morgan fingerprint density at radius 2 is 1.90 bits per heavy atom. The van der Waals surface area contributed by atoms with Gasteiger partial charge in [0.05, 0.1) is 12.1 Å². The lowest BCUT2D eigenvalue weighted by atomic mass is 9.89. The van der Waals surface area contributed by atoms with Gasteiger partial charge < -0.3 is 10.2 Å². The number of aliphatic imine (C=N–C) groups is 2. The highest BCUT2D eigenvalue weighted by atomic mass is 16.3. The van der Waals surface area contributed by atoms with Gasteiger partial charge in [-0.1, -0.05) is 62.3 Å². The molecule has 158 valence electrons. The summed E-state index contributed by atoms with van der Waals surface area (Å²) in [6.07, 6.45) is 8.56. The molecule has 0 fully saturated rings. The van der Waals surface area contributed by atoms with E-state index in [9.17, 15) is 10.2 Å². The number of phenolic OH excluding ortho intramolecular Hbond substituents is 2. The van der Waals surface area contributed by atoms with Gasteiger partial charge in [0, 0.05) is 24.2 Å². The summed E-state index contributed by atoms with van der Waals surface area (Å²) in [5.41, 5.74) is 5.67. The van der Waals surface area contributed by atoms with E-state index in [1.807, 2.05) is 32.0 Å². The molecule has 2 rings (SSSR count). The van der Waals surface area contributed by atoms with Crippen molar-refractivity contribution >= 4 is 18.0 Å². The van der Waals surface area contributed by atoms with Crippen molar-refractivity contribution in [2.75, 3.05) is 0 Å². The van der Waals surface area contributed by atoms with Crippen LogP contribution in [0.5, 0.6) is 11.5 Å². The van der Waals surface area contributed by atoms with E-state index in [-0.39, 0.29) is 11.5 Å². The molecule has 2 aromatic carbocycles. The standard InChI is InChI=1S/C26H32N2O2/c1-6-8-9-10-20-16-24(29)25(22-15-19(5)11-12-21(22)18(3)4)26(30)23(20)17-28-14-13-27-7-2/h7,11-16,29-30H,2-3,6,8-10,17H2,1,4-5H3. The maximum absolute atomic E-state index is 11.2. The summed E-state index contributed by atoms with van der Waals surface area (Å²) in [5.74, 6) is 0.153. The van der Waals surface area contributed by atoms with Crippen LogP contribution in [0.1, 0.15) is 55.4 Å². The Morgan fingerprint density at radius 3 is 2.57 bits per heavy atom. The van der Waals surface area contributed by atoms with E-state index in [4.69, 9.17) is 0 Å². The number of phenols is 2. The molecule has 0 unspecified atom stereocenters. The molecule has 0 saturated heterocycles. The third-order valence-corrected chi connectivity index (χ3v) is 5.04. The summed E-state index contributed by atoms with van der Waals surface area (Å²) >= 11 is 0. The second kappa shape index (κ2) is 11.1. The van der Waals surface area contributed by atoms with Crippen LogP contribution in [0.4, 0.5) is 0 Å². The van der Waals surface area contributed by atoms with Crippen LogP contribution < -0.4 is 0 Å². The summed E-state index contributed by atoms with van der Waals surface area (Å²) in [4.78, 5) is 8.29. The molecule has 4 nitrogen and oxygen atoms in total. The lowest BCUT2D eigenvalue weighted by Gasteiger charge is -2.18. The monoisotopic (exact) mass is 404 g/mol. The molecule has 0 aliphatic heterocycles. The number of benzene rings is 2. The molecule has 2 N–H and O–H groups in total. The van der Waals surface area contributed by atoms with Gasteiger partial charge in [-0.2, -0.15) is 0 Å². The fourth-order valence-corrected chi connectivity index (χ4v) is 3.51. The second-order valence-electron chi connectivity index (χ2n) is 7.51. The molecular weight excluding hydrogens is 372 g/mol. The van der Waals surface area contributed by atoms with E-state index in [2.05, 4.69) is 30.1 Å². The van der Waals surface area contributed by atoms with Gasteiger partial charge in [-0.25, -0.2) is 0 Å². The fourth-order valence-electron chi connectivity index (χ4n) is 3.51. The van der Waals surface area contributed by atoms with Gasteiger partial charge in [0.15, 0.2) is 0 Å². The second-order valence-corrected chi connectivity index (χ2v) is 7.51. The highest BCUT2D eigenvalue weighted by Crippen LogP contribution is 2.44. The van der Waals surface area contributed by atoms with Gasteiger partial charge in [0.2, 0.25) is 0 Å². The van der Waals surface area contributed by atoms with Gasteiger partial charge in [-0.05, 0) is 49.4 Å². The number of rotatable bonds is 10. The number of hydrogen-bond donors (Lipinski definition) is 2. The van der Waals surface area contributed by atoms with Crippen LogP contribution in [0.2, 0.25) is 0 Å². The molecule has 0 spiro atoms. The highest BCUT2D eigenvalue weighted by molar-refractivity contribution is 6.16. The Morgan fingerprint density at radius 1 is 1.13 bits per heavy atom. The van der Waals surface area contributed by atoms with Crippen molar-refractivity contribution in [2.24, 2.45) is 9.98 Å². The van der Waals surface area contributed by atoms with Crippen molar-refractivity contribution < 1.29 is 10.2 Å². The minimum Gasteiger partial charge on any atom is -0.507 e. The van der Waals surface area contributed by atoms with Crippen molar-refractivity contribution in [3.63, 3.8) is 0 Å². The largest absolute Gasteiger partial charge is 0.507 e. The van der Waals surface area contributed by atoms with Crippen LogP contribution in [0.15, 0.2) is 53.6 Å². The van der Waals surface area contributed by atoms with E-state index < -0.39 is 0 Å². The average molecular weight is 405 g/mol. The molecule has 0 radical (unpaired) electrons. The number of nitrogens with zero attached hydrogens (tertiary/aromatic N) is 2. The zero-order chi connectivity index (χ0) is 22.1. The van der Waals surface area contributed by atoms with Gasteiger partial charge in [0.1, 0.15) is 11.5 Å². The van der Waals surface area contributed by atoms with Crippen LogP contribution in [-0.4, -0.2) is 22.6 Å². The van der Waals surface area contributed by atoms with Gasteiger partial charge in [-0.15, -0.1) is 0 Å². The van der Waals surface area contributed by atoms with Gasteiger partial charge in [0.25, 0.3) is 0 Å². The Hall–Kier alpha value is -3.14. The molecule has 2 aromatic rings. The maximum Gasteiger partial charge on any atom is 0.132 e. The molecule has 0 saturated carbocycles. The number of hydrogen-bond acceptors (Lipinski definition) is 4. The van der Waals surface area contributed by atoms with E-state index >= 15 is 0 Å². The van der Waals surface area contributed by atoms with Crippen LogP contribution in [0.25, 0.3) is 16.7 Å². The Labute approximate surface area is 180 Å². The first-order chi connectivity index (χ1) is 14.4. The van der Waals surface area contributed by atoms with E-state index in [1.54, 1.807) is 18.5 Å². The number of unbranched alkanes of at least 4 members (excludes halogenated alkanes) is 2. The topological polar surface area (TPSA) is 65.2 Å². The van der Waals surface area contributed by atoms with Crippen LogP contribution in [-0.2, 0) is 13.0 Å². The molecule has 0 aromatic heterocycles. The molecule has 4 heteroatoms. The van der Waals surface area contributed by atoms with Crippen molar-refractivity contribution in [1.82, 2.24) is 0 Å². The molecule has 0 amide bonds. The first-order valence-corrected chi connectivity index (χ1v) is 10.4. The van der Waals surface area contributed by atoms with Crippen LogP contribution >= 0.6 is 0 Å². The van der Waals surface area contributed by atoms with Crippen LogP contribution in [0, 0.1) is 6.92 Å². The average Bonchev–Trinajstić information content (AvgIpc) is 2.69. The summed E-state index contributed by atoms with van der Waals surface area (Å²) in [7, 11) is 0. The van der Waals surface area contributed by atoms with Gasteiger partial charge >= 0.3 is 0 Å². The zero-order valence-corrected chi connectivity index (χ0v) is 18.3. The molecule has 0 heterocycles. The van der Waals surface area contributed by atoms with Crippen molar-refractivity contribution in [2.45, 2.75) is 53.0 Å². The molecule has 0 atom stereocenters. The summed E-state index contributed by atoms with van der Waals surface area (Å²) in [6, 6.07) is 7.73. The predicted molar refractivity (Wildman–Crippen MR) is 129 cm³/mol. The molecule has 0 aliphatic carbocycles. The van der Waals surface area contributed by atoms with Gasteiger partial charge in [-0.3, -0.25) is 9.98 Å². The predicted octanol–water partition coefficient (Wildman–Crippen LogP) is 6.62. The maximum atomic E-state index is 11.2. The number of allylic oxidation sites excluding steroid dienone is 1. The highest BCUT2D eigenvalue weighted by Gasteiger charge is 2.21. The van der Waals surface area contributed by atoms with Crippen LogP contribution in [0.3, 0.4) is 0 Å². The summed E-state index contributed by atoms with van der Waals surface area (Å²) in [6.45, 7) is 14.0. The zero-order valence-electron chi connectivity index (χ0n) is 18.3. The number of aryl methyl sites for hydroxylation is 2. The smallest absolute Gasteiger partial charge is 0.132 e. The molecule has 0 bridgehead atoms. The first-order valence-electron chi connectivity index (χ1n) is 10.4. The Bertz CT molecular complexity index is 971.